The van der Waals surface area contributed by atoms with Crippen LogP contribution in [0.1, 0.15) is 43.7 Å². The second-order valence-corrected chi connectivity index (χ2v) is 6.96. The summed E-state index contributed by atoms with van der Waals surface area (Å²) < 4.78 is 7.25. The number of benzene rings is 1. The van der Waals surface area contributed by atoms with Crippen LogP contribution in [-0.4, -0.2) is 12.2 Å². The van der Waals surface area contributed by atoms with Crippen LogP contribution in [0.2, 0.25) is 0 Å². The highest BCUT2D eigenvalue weighted by Gasteiger charge is 2.43. The smallest absolute Gasteiger partial charge is 0.0686 e. The summed E-state index contributed by atoms with van der Waals surface area (Å²) in [6, 6.07) is 8.77. The van der Waals surface area contributed by atoms with Crippen LogP contribution >= 0.6 is 22.6 Å². The molecule has 1 heterocycles. The number of hydrogen-bond donors (Lipinski definition) is 1. The van der Waals surface area contributed by atoms with Crippen molar-refractivity contribution in [2.75, 3.05) is 6.61 Å². The van der Waals surface area contributed by atoms with E-state index in [1.54, 1.807) is 0 Å². The van der Waals surface area contributed by atoms with Gasteiger partial charge in [0.05, 0.1) is 5.60 Å². The summed E-state index contributed by atoms with van der Waals surface area (Å²) in [4.78, 5) is 0. The molecule has 1 saturated heterocycles. The molecular weight excluding hydrogens is 337 g/mol. The molecule has 2 aliphatic rings. The fourth-order valence-corrected chi connectivity index (χ4v) is 3.85. The molecular formula is C15H20INO. The zero-order chi connectivity index (χ0) is 12.6. The van der Waals surface area contributed by atoms with Crippen molar-refractivity contribution in [2.24, 2.45) is 11.7 Å². The Balaban J connectivity index is 1.73. The summed E-state index contributed by atoms with van der Waals surface area (Å²) in [5.74, 6) is 0.581. The summed E-state index contributed by atoms with van der Waals surface area (Å²) in [6.07, 6.45) is 6.06. The van der Waals surface area contributed by atoms with Crippen LogP contribution < -0.4 is 5.73 Å². The van der Waals surface area contributed by atoms with Gasteiger partial charge in [0.25, 0.3) is 0 Å². The van der Waals surface area contributed by atoms with Crippen LogP contribution in [0.5, 0.6) is 0 Å². The van der Waals surface area contributed by atoms with Gasteiger partial charge in [0.15, 0.2) is 0 Å². The third-order valence-corrected chi connectivity index (χ3v) is 5.21. The summed E-state index contributed by atoms with van der Waals surface area (Å²) in [5.41, 5.74) is 7.96. The van der Waals surface area contributed by atoms with E-state index >= 15 is 0 Å². The first kappa shape index (κ1) is 12.9. The number of hydrogen-bond acceptors (Lipinski definition) is 2. The molecule has 0 bridgehead atoms. The Bertz CT molecular complexity index is 430. The molecule has 1 saturated carbocycles. The topological polar surface area (TPSA) is 35.2 Å². The summed E-state index contributed by atoms with van der Waals surface area (Å²) in [5, 5.41) is 0. The molecule has 18 heavy (non-hydrogen) atoms. The van der Waals surface area contributed by atoms with Crippen molar-refractivity contribution >= 4 is 22.6 Å². The van der Waals surface area contributed by atoms with E-state index in [1.165, 1.54) is 28.4 Å². The lowest BCUT2D eigenvalue weighted by Crippen LogP contribution is -2.47. The predicted molar refractivity (Wildman–Crippen MR) is 81.3 cm³/mol. The van der Waals surface area contributed by atoms with Crippen LogP contribution in [0.4, 0.5) is 0 Å². The van der Waals surface area contributed by atoms with E-state index in [1.807, 2.05) is 0 Å². The monoisotopic (exact) mass is 357 g/mol. The molecule has 3 rings (SSSR count). The first-order chi connectivity index (χ1) is 8.69. The van der Waals surface area contributed by atoms with Gasteiger partial charge >= 0.3 is 0 Å². The van der Waals surface area contributed by atoms with Crippen LogP contribution in [0, 0.1) is 9.49 Å². The average molecular weight is 357 g/mol. The van der Waals surface area contributed by atoms with Gasteiger partial charge in [-0.05, 0) is 78.3 Å². The van der Waals surface area contributed by atoms with E-state index in [0.717, 1.165) is 19.4 Å². The fourth-order valence-electron chi connectivity index (χ4n) is 3.28. The van der Waals surface area contributed by atoms with Crippen molar-refractivity contribution < 1.29 is 4.74 Å². The molecule has 0 amide bonds. The second kappa shape index (κ2) is 5.10. The lowest BCUT2D eigenvalue weighted by Gasteiger charge is -2.48. The molecule has 2 fully saturated rings. The van der Waals surface area contributed by atoms with Crippen molar-refractivity contribution in [2.45, 2.75) is 43.7 Å². The lowest BCUT2D eigenvalue weighted by molar-refractivity contribution is -0.146. The van der Waals surface area contributed by atoms with E-state index in [9.17, 15) is 0 Å². The Morgan fingerprint density at radius 2 is 2.22 bits per heavy atom. The quantitative estimate of drug-likeness (QED) is 0.821. The van der Waals surface area contributed by atoms with Gasteiger partial charge in [-0.15, -0.1) is 0 Å². The number of rotatable bonds is 2. The Hall–Kier alpha value is -0.130. The zero-order valence-corrected chi connectivity index (χ0v) is 12.7. The maximum atomic E-state index is 6.48. The van der Waals surface area contributed by atoms with Crippen LogP contribution in [0.15, 0.2) is 24.3 Å². The SMILES string of the molecule is NC(c1cccc(I)c1)C1CCOC2(CCC2)C1. The molecule has 2 nitrogen and oxygen atoms in total. The first-order valence-corrected chi connectivity index (χ1v) is 7.91. The Labute approximate surface area is 122 Å². The standard InChI is InChI=1S/C15H20INO/c16-13-4-1-3-11(9-13)14(17)12-5-8-18-15(10-12)6-2-7-15/h1,3-4,9,12,14H,2,5-8,10,17H2. The minimum absolute atomic E-state index is 0.168. The van der Waals surface area contributed by atoms with E-state index < -0.39 is 0 Å². The van der Waals surface area contributed by atoms with Gasteiger partial charge in [-0.3, -0.25) is 0 Å². The minimum Gasteiger partial charge on any atom is -0.375 e. The molecule has 1 aliphatic heterocycles. The van der Waals surface area contributed by atoms with Crippen LogP contribution in [-0.2, 0) is 4.74 Å². The summed E-state index contributed by atoms with van der Waals surface area (Å²) in [7, 11) is 0. The molecule has 2 N–H and O–H groups in total. The van der Waals surface area contributed by atoms with Crippen molar-refractivity contribution in [1.29, 1.82) is 0 Å². The van der Waals surface area contributed by atoms with Crippen molar-refractivity contribution in [1.82, 2.24) is 0 Å². The molecule has 98 valence electrons. The number of ether oxygens (including phenoxy) is 1. The molecule has 1 spiro atoms. The van der Waals surface area contributed by atoms with Gasteiger partial charge in [-0.1, -0.05) is 12.1 Å². The Morgan fingerprint density at radius 1 is 1.39 bits per heavy atom. The third kappa shape index (κ3) is 2.45. The highest BCUT2D eigenvalue weighted by Crippen LogP contribution is 2.46. The summed E-state index contributed by atoms with van der Waals surface area (Å²) in [6.45, 7) is 0.891. The Morgan fingerprint density at radius 3 is 2.89 bits per heavy atom. The van der Waals surface area contributed by atoms with Gasteiger partial charge < -0.3 is 10.5 Å². The third-order valence-electron chi connectivity index (χ3n) is 4.54. The van der Waals surface area contributed by atoms with Crippen LogP contribution in [0.3, 0.4) is 0 Å². The van der Waals surface area contributed by atoms with Gasteiger partial charge in [-0.2, -0.15) is 0 Å². The number of nitrogens with two attached hydrogens (primary N) is 1. The molecule has 3 heteroatoms. The molecule has 1 aromatic carbocycles. The summed E-state index contributed by atoms with van der Waals surface area (Å²) >= 11 is 2.35. The van der Waals surface area contributed by atoms with E-state index in [0.29, 0.717) is 5.92 Å². The average Bonchev–Trinajstić information content (AvgIpc) is 2.36. The maximum Gasteiger partial charge on any atom is 0.0686 e. The van der Waals surface area contributed by atoms with Crippen molar-refractivity contribution in [3.63, 3.8) is 0 Å². The minimum atomic E-state index is 0.168. The van der Waals surface area contributed by atoms with E-state index in [2.05, 4.69) is 46.9 Å². The molecule has 1 aromatic rings. The van der Waals surface area contributed by atoms with Gasteiger partial charge in [0, 0.05) is 16.2 Å². The highest BCUT2D eigenvalue weighted by molar-refractivity contribution is 14.1. The molecule has 0 radical (unpaired) electrons. The lowest BCUT2D eigenvalue weighted by atomic mass is 9.70. The second-order valence-electron chi connectivity index (χ2n) is 5.72. The zero-order valence-electron chi connectivity index (χ0n) is 10.6. The first-order valence-electron chi connectivity index (χ1n) is 6.84. The predicted octanol–water partition coefficient (Wildman–Crippen LogP) is 3.64. The molecule has 2 atom stereocenters. The largest absolute Gasteiger partial charge is 0.375 e. The van der Waals surface area contributed by atoms with Crippen molar-refractivity contribution in [3.8, 4) is 0 Å². The van der Waals surface area contributed by atoms with Gasteiger partial charge in [0.2, 0.25) is 0 Å². The number of halogens is 1. The Kier molecular flexibility index (Phi) is 3.65. The molecule has 2 unspecified atom stereocenters. The fraction of sp³-hybridized carbons (Fsp3) is 0.600. The highest BCUT2D eigenvalue weighted by atomic mass is 127. The molecule has 0 aromatic heterocycles. The van der Waals surface area contributed by atoms with Crippen molar-refractivity contribution in [3.05, 3.63) is 33.4 Å². The van der Waals surface area contributed by atoms with E-state index in [4.69, 9.17) is 10.5 Å². The van der Waals surface area contributed by atoms with Gasteiger partial charge in [0.1, 0.15) is 0 Å². The van der Waals surface area contributed by atoms with Gasteiger partial charge in [-0.25, -0.2) is 0 Å². The van der Waals surface area contributed by atoms with Crippen LogP contribution in [0.25, 0.3) is 0 Å². The maximum absolute atomic E-state index is 6.48. The van der Waals surface area contributed by atoms with E-state index in [-0.39, 0.29) is 11.6 Å². The molecule has 1 aliphatic carbocycles. The normalized spacial score (nSPS) is 27.8.